The Balaban J connectivity index is 1.72. The van der Waals surface area contributed by atoms with Crippen molar-refractivity contribution in [3.63, 3.8) is 0 Å². The van der Waals surface area contributed by atoms with E-state index < -0.39 is 11.2 Å². The van der Waals surface area contributed by atoms with Gasteiger partial charge in [0.15, 0.2) is 5.15 Å². The van der Waals surface area contributed by atoms with Crippen LogP contribution in [0.4, 0.5) is 0 Å². The number of nitrogens with one attached hydrogen (secondary N) is 2. The van der Waals surface area contributed by atoms with Gasteiger partial charge in [0.1, 0.15) is 5.69 Å². The molecular weight excluding hydrogens is 336 g/mol. The standard InChI is InChI=1S/C15H11ClN4O2S/c16-13-9(7-4-8(7)12-2-1-3-23-12)5-11(19-20-13)10-6-17-15(22)18-14(10)21/h1-3,5-8H,4H2,(H2,17,18,21,22)/t7-,8?/m0/s1. The SMILES string of the molecule is O=c1[nH]cc(-c2cc([C@H]3CC3c3cccs3)c(Cl)nn2)c(=O)[nH]1. The monoisotopic (exact) mass is 346 g/mol. The van der Waals surface area contributed by atoms with Crippen molar-refractivity contribution in [1.82, 2.24) is 20.2 Å². The lowest BCUT2D eigenvalue weighted by atomic mass is 10.1. The minimum Gasteiger partial charge on any atom is -0.313 e. The highest BCUT2D eigenvalue weighted by Crippen LogP contribution is 2.57. The molecule has 0 aliphatic heterocycles. The molecule has 3 aromatic heterocycles. The van der Waals surface area contributed by atoms with Gasteiger partial charge in [-0.25, -0.2) is 4.79 Å². The molecule has 1 aliphatic carbocycles. The number of aromatic nitrogens is 4. The van der Waals surface area contributed by atoms with E-state index in [1.165, 1.54) is 11.1 Å². The first-order valence-electron chi connectivity index (χ1n) is 7.02. The quantitative estimate of drug-likeness (QED) is 0.762. The van der Waals surface area contributed by atoms with Crippen molar-refractivity contribution in [3.8, 4) is 11.3 Å². The summed E-state index contributed by atoms with van der Waals surface area (Å²) >= 11 is 7.93. The molecule has 1 saturated carbocycles. The normalized spacial score (nSPS) is 19.7. The number of aromatic amines is 2. The molecule has 0 radical (unpaired) electrons. The molecule has 23 heavy (non-hydrogen) atoms. The Kier molecular flexibility index (Phi) is 3.39. The van der Waals surface area contributed by atoms with Crippen LogP contribution < -0.4 is 11.2 Å². The first-order chi connectivity index (χ1) is 11.1. The number of hydrogen-bond donors (Lipinski definition) is 2. The second-order valence-corrected chi connectivity index (χ2v) is 6.76. The molecule has 8 heteroatoms. The van der Waals surface area contributed by atoms with Gasteiger partial charge >= 0.3 is 5.69 Å². The van der Waals surface area contributed by atoms with E-state index in [2.05, 4.69) is 31.6 Å². The summed E-state index contributed by atoms with van der Waals surface area (Å²) in [4.78, 5) is 29.0. The van der Waals surface area contributed by atoms with Crippen LogP contribution in [-0.2, 0) is 0 Å². The van der Waals surface area contributed by atoms with Crippen LogP contribution in [0.3, 0.4) is 0 Å². The van der Waals surface area contributed by atoms with Crippen molar-refractivity contribution in [1.29, 1.82) is 0 Å². The van der Waals surface area contributed by atoms with Gasteiger partial charge in [-0.05, 0) is 35.4 Å². The number of H-pyrrole nitrogens is 2. The van der Waals surface area contributed by atoms with Crippen molar-refractivity contribution >= 4 is 22.9 Å². The maximum atomic E-state index is 11.9. The Hall–Kier alpha value is -2.25. The minimum absolute atomic E-state index is 0.267. The van der Waals surface area contributed by atoms with E-state index in [1.807, 2.05) is 6.07 Å². The van der Waals surface area contributed by atoms with Crippen molar-refractivity contribution in [2.24, 2.45) is 0 Å². The Morgan fingerprint density at radius 3 is 2.87 bits per heavy atom. The summed E-state index contributed by atoms with van der Waals surface area (Å²) in [6.45, 7) is 0. The molecule has 4 rings (SSSR count). The summed E-state index contributed by atoms with van der Waals surface area (Å²) in [5.74, 6) is 0.732. The molecule has 2 N–H and O–H groups in total. The molecular formula is C15H11ClN4O2S. The van der Waals surface area contributed by atoms with Crippen molar-refractivity contribution in [2.75, 3.05) is 0 Å². The molecule has 1 unspecified atom stereocenters. The molecule has 0 bridgehead atoms. The van der Waals surface area contributed by atoms with Crippen LogP contribution in [0.25, 0.3) is 11.3 Å². The second kappa shape index (κ2) is 5.43. The third-order valence-electron chi connectivity index (χ3n) is 3.97. The van der Waals surface area contributed by atoms with Gasteiger partial charge in [-0.2, -0.15) is 0 Å². The van der Waals surface area contributed by atoms with Gasteiger partial charge in [0.2, 0.25) is 0 Å². The Labute approximate surface area is 139 Å². The molecule has 116 valence electrons. The Morgan fingerprint density at radius 2 is 2.13 bits per heavy atom. The molecule has 2 atom stereocenters. The summed E-state index contributed by atoms with van der Waals surface area (Å²) in [5, 5.41) is 10.4. The van der Waals surface area contributed by atoms with Crippen LogP contribution in [0.1, 0.15) is 28.7 Å². The fourth-order valence-corrected chi connectivity index (χ4v) is 3.88. The average molecular weight is 347 g/mol. The predicted octanol–water partition coefficient (Wildman–Crippen LogP) is 2.51. The predicted molar refractivity (Wildman–Crippen MR) is 88.1 cm³/mol. The average Bonchev–Trinajstić information content (AvgIpc) is 3.12. The lowest BCUT2D eigenvalue weighted by molar-refractivity contribution is 0.956. The first kappa shape index (κ1) is 14.3. The number of halogens is 1. The number of rotatable bonds is 3. The minimum atomic E-state index is -0.555. The van der Waals surface area contributed by atoms with E-state index in [0.29, 0.717) is 16.8 Å². The van der Waals surface area contributed by atoms with Gasteiger partial charge in [-0.1, -0.05) is 17.7 Å². The second-order valence-electron chi connectivity index (χ2n) is 5.43. The first-order valence-corrected chi connectivity index (χ1v) is 8.28. The Bertz CT molecular complexity index is 980. The molecule has 3 heterocycles. The maximum absolute atomic E-state index is 11.9. The largest absolute Gasteiger partial charge is 0.325 e. The zero-order valence-electron chi connectivity index (χ0n) is 11.7. The van der Waals surface area contributed by atoms with Crippen LogP contribution in [0.5, 0.6) is 0 Å². The molecule has 1 aliphatic rings. The molecule has 6 nitrogen and oxygen atoms in total. The molecule has 3 aromatic rings. The lowest BCUT2D eigenvalue weighted by Crippen LogP contribution is -2.22. The van der Waals surface area contributed by atoms with E-state index in [-0.39, 0.29) is 11.5 Å². The van der Waals surface area contributed by atoms with E-state index in [9.17, 15) is 9.59 Å². The third kappa shape index (κ3) is 2.62. The zero-order chi connectivity index (χ0) is 16.0. The fourth-order valence-electron chi connectivity index (χ4n) is 2.74. The summed E-state index contributed by atoms with van der Waals surface area (Å²) in [7, 11) is 0. The van der Waals surface area contributed by atoms with E-state index in [4.69, 9.17) is 11.6 Å². The maximum Gasteiger partial charge on any atom is 0.325 e. The highest BCUT2D eigenvalue weighted by atomic mass is 35.5. The van der Waals surface area contributed by atoms with Crippen LogP contribution >= 0.6 is 22.9 Å². The number of hydrogen-bond acceptors (Lipinski definition) is 5. The van der Waals surface area contributed by atoms with Crippen LogP contribution in [-0.4, -0.2) is 20.2 Å². The van der Waals surface area contributed by atoms with Gasteiger partial charge in [0, 0.05) is 17.0 Å². The molecule has 0 spiro atoms. The summed E-state index contributed by atoms with van der Waals surface area (Å²) in [6, 6.07) is 5.94. The van der Waals surface area contributed by atoms with Crippen molar-refractivity contribution in [3.05, 3.63) is 66.2 Å². The van der Waals surface area contributed by atoms with Gasteiger partial charge in [-0.3, -0.25) is 9.78 Å². The van der Waals surface area contributed by atoms with Crippen LogP contribution in [0.2, 0.25) is 5.15 Å². The smallest absolute Gasteiger partial charge is 0.313 e. The number of nitrogens with zero attached hydrogens (tertiary/aromatic N) is 2. The fraction of sp³-hybridized carbons (Fsp3) is 0.200. The van der Waals surface area contributed by atoms with E-state index in [1.54, 1.807) is 17.4 Å². The molecule has 0 saturated heterocycles. The lowest BCUT2D eigenvalue weighted by Gasteiger charge is -2.05. The van der Waals surface area contributed by atoms with Gasteiger partial charge < -0.3 is 4.98 Å². The topological polar surface area (TPSA) is 91.5 Å². The molecule has 1 fully saturated rings. The van der Waals surface area contributed by atoms with Crippen LogP contribution in [0, 0.1) is 0 Å². The van der Waals surface area contributed by atoms with Gasteiger partial charge in [0.25, 0.3) is 5.56 Å². The third-order valence-corrected chi connectivity index (χ3v) is 5.27. The van der Waals surface area contributed by atoms with E-state index in [0.717, 1.165) is 12.0 Å². The summed E-state index contributed by atoms with van der Waals surface area (Å²) in [6.07, 6.45) is 2.35. The number of thiophene rings is 1. The van der Waals surface area contributed by atoms with E-state index >= 15 is 0 Å². The molecule has 0 amide bonds. The highest BCUT2D eigenvalue weighted by Gasteiger charge is 2.42. The highest BCUT2D eigenvalue weighted by molar-refractivity contribution is 7.10. The van der Waals surface area contributed by atoms with Gasteiger partial charge in [0.05, 0.1) is 5.56 Å². The Morgan fingerprint density at radius 1 is 1.26 bits per heavy atom. The summed E-state index contributed by atoms with van der Waals surface area (Å²) < 4.78 is 0. The van der Waals surface area contributed by atoms with Crippen LogP contribution in [0.15, 0.2) is 39.4 Å². The zero-order valence-corrected chi connectivity index (χ0v) is 13.3. The van der Waals surface area contributed by atoms with Crippen molar-refractivity contribution in [2.45, 2.75) is 18.3 Å². The molecule has 0 aromatic carbocycles. The van der Waals surface area contributed by atoms with Crippen molar-refractivity contribution < 1.29 is 0 Å². The van der Waals surface area contributed by atoms with Gasteiger partial charge in [-0.15, -0.1) is 21.5 Å². The summed E-state index contributed by atoms with van der Waals surface area (Å²) in [5.41, 5.74) is 0.505.